The molecule has 0 aromatic carbocycles. The van der Waals surface area contributed by atoms with Crippen molar-refractivity contribution in [2.75, 3.05) is 6.61 Å². The molecule has 0 saturated heterocycles. The molecule has 0 aliphatic heterocycles. The Morgan fingerprint density at radius 1 is 1.60 bits per heavy atom. The summed E-state index contributed by atoms with van der Waals surface area (Å²) < 4.78 is 4.88. The molecule has 0 spiro atoms. The molecular weight excluding hydrogens is 128 g/mol. The fourth-order valence-electron chi connectivity index (χ4n) is 0.378. The van der Waals surface area contributed by atoms with E-state index in [1.54, 1.807) is 6.26 Å². The van der Waals surface area contributed by atoms with Crippen LogP contribution in [-0.2, 0) is 9.53 Å². The maximum Gasteiger partial charge on any atom is 0.167 e. The molecule has 0 heterocycles. The Balaban J connectivity index is 3.27. The first-order chi connectivity index (χ1) is 4.63. The van der Waals surface area contributed by atoms with Crippen molar-refractivity contribution < 1.29 is 9.53 Å². The van der Waals surface area contributed by atoms with E-state index in [1.807, 2.05) is 19.9 Å². The third kappa shape index (κ3) is 7.21. The van der Waals surface area contributed by atoms with Crippen LogP contribution in [0.3, 0.4) is 0 Å². The molecule has 0 rings (SSSR count). The average Bonchev–Trinajstić information content (AvgIpc) is 1.79. The smallest absolute Gasteiger partial charge is 0.167 e. The average molecular weight is 142 g/mol. The van der Waals surface area contributed by atoms with Crippen molar-refractivity contribution in [3.05, 3.63) is 12.3 Å². The molecule has 0 radical (unpaired) electrons. The second-order valence-corrected chi connectivity index (χ2v) is 2.59. The van der Waals surface area contributed by atoms with E-state index in [0.717, 1.165) is 0 Å². The molecule has 0 aliphatic carbocycles. The molecule has 0 aliphatic rings. The fraction of sp³-hybridized carbons (Fsp3) is 0.625. The van der Waals surface area contributed by atoms with E-state index < -0.39 is 0 Å². The molecule has 0 unspecified atom stereocenters. The zero-order valence-electron chi connectivity index (χ0n) is 6.76. The van der Waals surface area contributed by atoms with Crippen molar-refractivity contribution in [2.45, 2.75) is 20.8 Å². The molecule has 0 bridgehead atoms. The van der Waals surface area contributed by atoms with E-state index in [1.165, 1.54) is 6.92 Å². The van der Waals surface area contributed by atoms with Gasteiger partial charge in [-0.2, -0.15) is 0 Å². The standard InChI is InChI=1S/C8H14O2/c1-7(2)4-5-10-6-8(3)9/h4-5,7H,6H2,1-3H3/b5-4+. The van der Waals surface area contributed by atoms with Crippen LogP contribution in [0.2, 0.25) is 0 Å². The minimum atomic E-state index is 0.0495. The van der Waals surface area contributed by atoms with Crippen LogP contribution in [0, 0.1) is 5.92 Å². The summed E-state index contributed by atoms with van der Waals surface area (Å²) in [6.45, 7) is 5.79. The molecule has 0 aromatic heterocycles. The molecule has 0 fully saturated rings. The van der Waals surface area contributed by atoms with Crippen LogP contribution in [0.15, 0.2) is 12.3 Å². The lowest BCUT2D eigenvalue weighted by molar-refractivity contribution is -0.119. The van der Waals surface area contributed by atoms with E-state index >= 15 is 0 Å². The van der Waals surface area contributed by atoms with Gasteiger partial charge in [0.15, 0.2) is 5.78 Å². The summed E-state index contributed by atoms with van der Waals surface area (Å²) in [5.74, 6) is 0.528. The second-order valence-electron chi connectivity index (χ2n) is 2.59. The number of carbonyl (C=O) groups excluding carboxylic acids is 1. The van der Waals surface area contributed by atoms with Crippen molar-refractivity contribution in [2.24, 2.45) is 5.92 Å². The van der Waals surface area contributed by atoms with Gasteiger partial charge in [0.25, 0.3) is 0 Å². The Kier molecular flexibility index (Phi) is 4.63. The van der Waals surface area contributed by atoms with Crippen molar-refractivity contribution in [1.29, 1.82) is 0 Å². The van der Waals surface area contributed by atoms with Crippen LogP contribution in [0.5, 0.6) is 0 Å². The summed E-state index contributed by atoms with van der Waals surface area (Å²) in [5.41, 5.74) is 0. The maximum atomic E-state index is 10.3. The highest BCUT2D eigenvalue weighted by Crippen LogP contribution is 1.93. The van der Waals surface area contributed by atoms with Crippen molar-refractivity contribution >= 4 is 5.78 Å². The molecule has 0 aromatic rings. The zero-order chi connectivity index (χ0) is 7.98. The lowest BCUT2D eigenvalue weighted by atomic mass is 10.2. The SMILES string of the molecule is CC(=O)CO/C=C/C(C)C. The molecule has 0 atom stereocenters. The van der Waals surface area contributed by atoms with Crippen LogP contribution in [0.25, 0.3) is 0 Å². The van der Waals surface area contributed by atoms with Gasteiger partial charge in [-0.1, -0.05) is 13.8 Å². The monoisotopic (exact) mass is 142 g/mol. The van der Waals surface area contributed by atoms with Gasteiger partial charge in [0.05, 0.1) is 6.26 Å². The molecule has 0 N–H and O–H groups in total. The largest absolute Gasteiger partial charge is 0.494 e. The highest BCUT2D eigenvalue weighted by Gasteiger charge is 1.88. The van der Waals surface area contributed by atoms with E-state index in [-0.39, 0.29) is 12.4 Å². The van der Waals surface area contributed by atoms with Gasteiger partial charge in [-0.15, -0.1) is 0 Å². The minimum Gasteiger partial charge on any atom is -0.494 e. The van der Waals surface area contributed by atoms with Gasteiger partial charge >= 0.3 is 0 Å². The van der Waals surface area contributed by atoms with E-state index in [2.05, 4.69) is 0 Å². The van der Waals surface area contributed by atoms with Gasteiger partial charge in [0.2, 0.25) is 0 Å². The van der Waals surface area contributed by atoms with Crippen LogP contribution in [-0.4, -0.2) is 12.4 Å². The fourth-order valence-corrected chi connectivity index (χ4v) is 0.378. The first-order valence-electron chi connectivity index (χ1n) is 3.40. The number of carbonyl (C=O) groups is 1. The molecule has 10 heavy (non-hydrogen) atoms. The predicted octanol–water partition coefficient (Wildman–Crippen LogP) is 1.76. The number of hydrogen-bond donors (Lipinski definition) is 0. The molecule has 0 amide bonds. The molecular formula is C8H14O2. The molecule has 0 saturated carbocycles. The van der Waals surface area contributed by atoms with Gasteiger partial charge in [0.1, 0.15) is 6.61 Å². The van der Waals surface area contributed by atoms with E-state index in [4.69, 9.17) is 4.74 Å². The summed E-state index contributed by atoms with van der Waals surface area (Å²) in [4.78, 5) is 10.3. The predicted molar refractivity (Wildman–Crippen MR) is 40.6 cm³/mol. The first-order valence-corrected chi connectivity index (χ1v) is 3.40. The molecule has 2 nitrogen and oxygen atoms in total. The Morgan fingerprint density at radius 2 is 2.20 bits per heavy atom. The third-order valence-electron chi connectivity index (χ3n) is 0.846. The third-order valence-corrected chi connectivity index (χ3v) is 0.846. The minimum absolute atomic E-state index is 0.0495. The number of allylic oxidation sites excluding steroid dienone is 1. The quantitative estimate of drug-likeness (QED) is 0.559. The highest BCUT2D eigenvalue weighted by atomic mass is 16.5. The summed E-state index contributed by atoms with van der Waals surface area (Å²) >= 11 is 0. The van der Waals surface area contributed by atoms with E-state index in [0.29, 0.717) is 5.92 Å². The molecule has 58 valence electrons. The van der Waals surface area contributed by atoms with Crippen molar-refractivity contribution in [3.63, 3.8) is 0 Å². The summed E-state index contributed by atoms with van der Waals surface area (Å²) in [7, 11) is 0. The number of Topliss-reactive ketones (excluding diaryl/α,β-unsaturated/α-hetero) is 1. The Morgan fingerprint density at radius 3 is 2.60 bits per heavy atom. The zero-order valence-corrected chi connectivity index (χ0v) is 6.76. The summed E-state index contributed by atoms with van der Waals surface area (Å²) in [5, 5.41) is 0. The highest BCUT2D eigenvalue weighted by molar-refractivity contribution is 5.76. The number of hydrogen-bond acceptors (Lipinski definition) is 2. The first kappa shape index (κ1) is 9.21. The van der Waals surface area contributed by atoms with Crippen molar-refractivity contribution in [3.8, 4) is 0 Å². The van der Waals surface area contributed by atoms with Crippen LogP contribution >= 0.6 is 0 Å². The van der Waals surface area contributed by atoms with Gasteiger partial charge in [0, 0.05) is 0 Å². The normalized spacial score (nSPS) is 10.8. The maximum absolute atomic E-state index is 10.3. The van der Waals surface area contributed by atoms with Gasteiger partial charge in [-0.3, -0.25) is 4.79 Å². The van der Waals surface area contributed by atoms with Gasteiger partial charge < -0.3 is 4.74 Å². The Bertz CT molecular complexity index is 125. The number of ether oxygens (including phenoxy) is 1. The topological polar surface area (TPSA) is 26.3 Å². The summed E-state index contributed by atoms with van der Waals surface area (Å²) in [6.07, 6.45) is 3.48. The molecule has 2 heteroatoms. The lowest BCUT2D eigenvalue weighted by Gasteiger charge is -1.96. The Labute approximate surface area is 61.9 Å². The number of ketones is 1. The number of rotatable bonds is 4. The Hall–Kier alpha value is -0.790. The van der Waals surface area contributed by atoms with Crippen LogP contribution < -0.4 is 0 Å². The summed E-state index contributed by atoms with van der Waals surface area (Å²) in [6, 6.07) is 0. The second kappa shape index (κ2) is 5.03. The van der Waals surface area contributed by atoms with Gasteiger partial charge in [-0.05, 0) is 18.9 Å². The van der Waals surface area contributed by atoms with Crippen LogP contribution in [0.1, 0.15) is 20.8 Å². The lowest BCUT2D eigenvalue weighted by Crippen LogP contribution is -1.99. The van der Waals surface area contributed by atoms with Crippen molar-refractivity contribution in [1.82, 2.24) is 0 Å². The van der Waals surface area contributed by atoms with E-state index in [9.17, 15) is 4.79 Å². The van der Waals surface area contributed by atoms with Gasteiger partial charge in [-0.25, -0.2) is 0 Å². The van der Waals surface area contributed by atoms with Crippen LogP contribution in [0.4, 0.5) is 0 Å².